The van der Waals surface area contributed by atoms with Gasteiger partial charge in [0.2, 0.25) is 0 Å². The lowest BCUT2D eigenvalue weighted by atomic mass is 9.84. The molecule has 1 aliphatic rings. The van der Waals surface area contributed by atoms with Crippen molar-refractivity contribution in [3.05, 3.63) is 23.0 Å². The molecule has 0 aromatic heterocycles. The van der Waals surface area contributed by atoms with Crippen molar-refractivity contribution >= 4 is 16.1 Å². The molecule has 1 aliphatic carbocycles. The van der Waals surface area contributed by atoms with Crippen molar-refractivity contribution in [2.75, 3.05) is 0 Å². The van der Waals surface area contributed by atoms with Crippen molar-refractivity contribution in [1.29, 1.82) is 0 Å². The Labute approximate surface area is 117 Å². The highest BCUT2D eigenvalue weighted by Crippen LogP contribution is 2.31. The van der Waals surface area contributed by atoms with E-state index in [1.54, 1.807) is 5.57 Å². The molecule has 0 bridgehead atoms. The predicted molar refractivity (Wildman–Crippen MR) is 90.5 cm³/mol. The fraction of sp³-hybridized carbons (Fsp3) is 0.750. The molecule has 1 fully saturated rings. The Morgan fingerprint density at radius 2 is 1.39 bits per heavy atom. The number of rotatable bonds is 4. The first-order valence-corrected chi connectivity index (χ1v) is 14.7. The Hall–Kier alpha value is -0.0862. The van der Waals surface area contributed by atoms with Gasteiger partial charge < -0.3 is 0 Å². The van der Waals surface area contributed by atoms with E-state index in [9.17, 15) is 0 Å². The molecule has 104 valence electrons. The van der Waals surface area contributed by atoms with E-state index < -0.39 is 16.1 Å². The monoisotopic (exact) mass is 280 g/mol. The molecular weight excluding hydrogens is 248 g/mol. The van der Waals surface area contributed by atoms with Gasteiger partial charge in [-0.15, -0.1) is 0 Å². The minimum atomic E-state index is -1.10. The van der Waals surface area contributed by atoms with Gasteiger partial charge in [0, 0.05) is 0 Å². The molecule has 0 atom stereocenters. The molecule has 0 nitrogen and oxygen atoms in total. The molecule has 0 amide bonds. The molecule has 18 heavy (non-hydrogen) atoms. The van der Waals surface area contributed by atoms with Crippen molar-refractivity contribution in [2.45, 2.75) is 71.4 Å². The first-order valence-electron chi connectivity index (χ1n) is 7.59. The fourth-order valence-corrected chi connectivity index (χ4v) is 4.61. The van der Waals surface area contributed by atoms with Crippen LogP contribution in [0, 0.1) is 5.92 Å². The van der Waals surface area contributed by atoms with Crippen LogP contribution in [0.2, 0.25) is 39.3 Å². The molecule has 0 heterocycles. The highest BCUT2D eigenvalue weighted by atomic mass is 28.3. The second-order valence-corrected chi connectivity index (χ2v) is 18.1. The Kier molecular flexibility index (Phi) is 5.66. The molecule has 1 rings (SSSR count). The summed E-state index contributed by atoms with van der Waals surface area (Å²) in [7, 11) is -2.16. The fourth-order valence-electron chi connectivity index (χ4n) is 2.58. The summed E-state index contributed by atoms with van der Waals surface area (Å²) >= 11 is 0. The Morgan fingerprint density at radius 3 is 1.83 bits per heavy atom. The first-order chi connectivity index (χ1) is 8.17. The second-order valence-electron chi connectivity index (χ2n) is 8.04. The van der Waals surface area contributed by atoms with Crippen LogP contribution in [0.3, 0.4) is 0 Å². The molecule has 0 saturated heterocycles. The van der Waals surface area contributed by atoms with Gasteiger partial charge >= 0.3 is 0 Å². The van der Waals surface area contributed by atoms with Gasteiger partial charge in [-0.1, -0.05) is 81.6 Å². The van der Waals surface area contributed by atoms with E-state index in [1.165, 1.54) is 32.1 Å². The summed E-state index contributed by atoms with van der Waals surface area (Å²) in [4.78, 5) is 0. The zero-order chi connectivity index (χ0) is 13.8. The summed E-state index contributed by atoms with van der Waals surface area (Å²) in [5.74, 6) is 0.859. The van der Waals surface area contributed by atoms with Gasteiger partial charge in [-0.05, 0) is 18.8 Å². The van der Waals surface area contributed by atoms with Crippen LogP contribution in [0.25, 0.3) is 0 Å². The summed E-state index contributed by atoms with van der Waals surface area (Å²) < 4.78 is 0. The number of allylic oxidation sites excluding steroid dienone is 2. The lowest BCUT2D eigenvalue weighted by molar-refractivity contribution is 0.408. The van der Waals surface area contributed by atoms with Crippen molar-refractivity contribution in [3.63, 3.8) is 0 Å². The minimum absolute atomic E-state index is 0.859. The highest BCUT2D eigenvalue weighted by Gasteiger charge is 2.20. The minimum Gasteiger partial charge on any atom is -0.0948 e. The van der Waals surface area contributed by atoms with Gasteiger partial charge in [0.05, 0.1) is 16.1 Å². The van der Waals surface area contributed by atoms with E-state index in [0.717, 1.165) is 5.92 Å². The van der Waals surface area contributed by atoms with Gasteiger partial charge in [0.1, 0.15) is 0 Å². The van der Waals surface area contributed by atoms with E-state index in [0.29, 0.717) is 0 Å². The Morgan fingerprint density at radius 1 is 0.833 bits per heavy atom. The van der Waals surface area contributed by atoms with Gasteiger partial charge in [0.15, 0.2) is 0 Å². The summed E-state index contributed by atoms with van der Waals surface area (Å²) in [6, 6.07) is 0. The maximum atomic E-state index is 2.65. The third-order valence-electron chi connectivity index (χ3n) is 3.45. The van der Waals surface area contributed by atoms with E-state index in [2.05, 4.69) is 56.8 Å². The van der Waals surface area contributed by atoms with Crippen LogP contribution in [0.1, 0.15) is 32.1 Å². The molecule has 0 N–H and O–H groups in total. The predicted octanol–water partition coefficient (Wildman–Crippen LogP) is 5.80. The first kappa shape index (κ1) is 16.0. The zero-order valence-corrected chi connectivity index (χ0v) is 15.3. The lowest BCUT2D eigenvalue weighted by Gasteiger charge is -2.25. The standard InChI is InChI=1S/C16H32Si2/c1-17(2,3)13-12-16(14-18(4,5)6)15-10-8-7-9-11-15/h12-15H,7-11H2,1-6H3/b13-12-,16-14-. The van der Waals surface area contributed by atoms with Crippen molar-refractivity contribution in [3.8, 4) is 0 Å². The summed E-state index contributed by atoms with van der Waals surface area (Å²) in [6.07, 6.45) is 9.68. The van der Waals surface area contributed by atoms with E-state index >= 15 is 0 Å². The summed E-state index contributed by atoms with van der Waals surface area (Å²) in [5.41, 5.74) is 6.86. The smallest absolute Gasteiger partial charge is 0.0690 e. The van der Waals surface area contributed by atoms with Crippen molar-refractivity contribution in [2.24, 2.45) is 5.92 Å². The maximum absolute atomic E-state index is 2.65. The van der Waals surface area contributed by atoms with E-state index in [4.69, 9.17) is 0 Å². The molecule has 0 spiro atoms. The second kappa shape index (κ2) is 6.38. The van der Waals surface area contributed by atoms with Crippen LogP contribution >= 0.6 is 0 Å². The van der Waals surface area contributed by atoms with Gasteiger partial charge in [-0.25, -0.2) is 0 Å². The molecule has 1 saturated carbocycles. The SMILES string of the molecule is C[Si](C)(C)/C=C\C(=C\[Si](C)(C)C)C1CCCCC1. The van der Waals surface area contributed by atoms with Crippen LogP contribution in [0.5, 0.6) is 0 Å². The lowest BCUT2D eigenvalue weighted by Crippen LogP contribution is -2.21. The molecule has 0 aromatic rings. The molecule has 0 aromatic carbocycles. The average Bonchev–Trinajstić information content (AvgIpc) is 2.23. The third kappa shape index (κ3) is 6.74. The van der Waals surface area contributed by atoms with Crippen LogP contribution < -0.4 is 0 Å². The van der Waals surface area contributed by atoms with E-state index in [-0.39, 0.29) is 0 Å². The Balaban J connectivity index is 2.88. The van der Waals surface area contributed by atoms with Crippen molar-refractivity contribution < 1.29 is 0 Å². The van der Waals surface area contributed by atoms with Gasteiger partial charge in [-0.3, -0.25) is 0 Å². The maximum Gasteiger partial charge on any atom is 0.0690 e. The summed E-state index contributed by atoms with van der Waals surface area (Å²) in [5, 5.41) is 0. The van der Waals surface area contributed by atoms with Crippen LogP contribution in [0.15, 0.2) is 23.0 Å². The number of hydrogen-bond acceptors (Lipinski definition) is 0. The van der Waals surface area contributed by atoms with Gasteiger partial charge in [0.25, 0.3) is 0 Å². The van der Waals surface area contributed by atoms with Crippen LogP contribution in [0.4, 0.5) is 0 Å². The molecule has 2 heteroatoms. The van der Waals surface area contributed by atoms with Crippen molar-refractivity contribution in [1.82, 2.24) is 0 Å². The largest absolute Gasteiger partial charge is 0.0948 e. The Bertz CT molecular complexity index is 307. The third-order valence-corrected chi connectivity index (χ3v) is 5.82. The molecule has 0 unspecified atom stereocenters. The topological polar surface area (TPSA) is 0 Å². The quantitative estimate of drug-likeness (QED) is 0.451. The van der Waals surface area contributed by atoms with Gasteiger partial charge in [-0.2, -0.15) is 0 Å². The molecular formula is C16H32Si2. The number of hydrogen-bond donors (Lipinski definition) is 0. The highest BCUT2D eigenvalue weighted by molar-refractivity contribution is 6.81. The molecule has 0 radical (unpaired) electrons. The zero-order valence-electron chi connectivity index (χ0n) is 13.3. The van der Waals surface area contributed by atoms with Crippen LogP contribution in [-0.4, -0.2) is 16.1 Å². The molecule has 0 aliphatic heterocycles. The average molecular weight is 281 g/mol. The summed E-state index contributed by atoms with van der Waals surface area (Å²) in [6.45, 7) is 14.7. The normalized spacial score (nSPS) is 20.7. The van der Waals surface area contributed by atoms with Crippen LogP contribution in [-0.2, 0) is 0 Å². The van der Waals surface area contributed by atoms with E-state index in [1.807, 2.05) is 0 Å².